The molecule has 30 heavy (non-hydrogen) atoms. The van der Waals surface area contributed by atoms with E-state index in [4.69, 9.17) is 5.11 Å². The van der Waals surface area contributed by atoms with E-state index in [1.165, 1.54) is 30.3 Å². The van der Waals surface area contributed by atoms with Gasteiger partial charge >= 0.3 is 11.0 Å². The number of carbonyl (C=O) groups is 1. The maximum absolute atomic E-state index is 13.1. The topological polar surface area (TPSA) is 118 Å². The molecular weight excluding hydrogens is 411 g/mol. The van der Waals surface area contributed by atoms with E-state index in [0.717, 1.165) is 16.9 Å². The van der Waals surface area contributed by atoms with Gasteiger partial charge in [-0.05, 0) is 41.2 Å². The van der Waals surface area contributed by atoms with Crippen molar-refractivity contribution >= 4 is 38.3 Å². The summed E-state index contributed by atoms with van der Waals surface area (Å²) in [6.45, 7) is 0.327. The number of rotatable bonds is 6. The Morgan fingerprint density at radius 2 is 1.83 bits per heavy atom. The molecular formula is C20H13FN4O4S. The fraction of sp³-hybridized carbons (Fsp3) is 0.0500. The van der Waals surface area contributed by atoms with Crippen LogP contribution in [0.3, 0.4) is 0 Å². The number of carboxylic acids is 1. The third-order valence-corrected chi connectivity index (χ3v) is 5.30. The van der Waals surface area contributed by atoms with E-state index in [9.17, 15) is 19.3 Å². The van der Waals surface area contributed by atoms with Crippen LogP contribution in [0, 0.1) is 15.9 Å². The number of aromatic nitrogens is 2. The molecule has 0 radical (unpaired) electrons. The highest BCUT2D eigenvalue weighted by Gasteiger charge is 2.18. The average Bonchev–Trinajstić information content (AvgIpc) is 3.18. The monoisotopic (exact) mass is 424 g/mol. The van der Waals surface area contributed by atoms with Crippen LogP contribution in [-0.4, -0.2) is 26.0 Å². The normalized spacial score (nSPS) is 10.8. The van der Waals surface area contributed by atoms with Crippen LogP contribution in [0.25, 0.3) is 21.6 Å². The Balaban J connectivity index is 1.74. The lowest BCUT2D eigenvalue weighted by Gasteiger charge is -2.09. The van der Waals surface area contributed by atoms with E-state index >= 15 is 0 Å². The van der Waals surface area contributed by atoms with E-state index in [1.54, 1.807) is 24.3 Å². The second-order valence-electron chi connectivity index (χ2n) is 6.32. The molecule has 2 aromatic carbocycles. The number of benzene rings is 2. The minimum absolute atomic E-state index is 0.0671. The first kappa shape index (κ1) is 19.4. The van der Waals surface area contributed by atoms with Crippen LogP contribution in [0.4, 0.5) is 15.2 Å². The summed E-state index contributed by atoms with van der Waals surface area (Å²) in [6.07, 6.45) is 0. The van der Waals surface area contributed by atoms with E-state index in [2.05, 4.69) is 15.3 Å². The number of nitrogens with one attached hydrogen (secondary N) is 1. The van der Waals surface area contributed by atoms with Crippen molar-refractivity contribution in [2.24, 2.45) is 0 Å². The summed E-state index contributed by atoms with van der Waals surface area (Å²) in [7, 11) is 0. The molecule has 0 aliphatic heterocycles. The molecule has 0 bridgehead atoms. The van der Waals surface area contributed by atoms with Gasteiger partial charge in [0.1, 0.15) is 16.5 Å². The molecule has 2 aromatic heterocycles. The fourth-order valence-corrected chi connectivity index (χ4v) is 3.66. The van der Waals surface area contributed by atoms with Crippen molar-refractivity contribution in [2.75, 3.05) is 5.32 Å². The molecule has 0 saturated carbocycles. The van der Waals surface area contributed by atoms with Crippen LogP contribution in [0.2, 0.25) is 0 Å². The second kappa shape index (κ2) is 7.84. The Morgan fingerprint density at radius 3 is 2.47 bits per heavy atom. The number of nitrogens with zero attached hydrogens (tertiary/aromatic N) is 3. The zero-order valence-corrected chi connectivity index (χ0v) is 16.0. The molecule has 0 saturated heterocycles. The molecule has 0 unspecified atom stereocenters. The van der Waals surface area contributed by atoms with Crippen LogP contribution in [-0.2, 0) is 6.54 Å². The smallest absolute Gasteiger partial charge is 0.335 e. The molecule has 0 atom stereocenters. The highest BCUT2D eigenvalue weighted by Crippen LogP contribution is 2.35. The van der Waals surface area contributed by atoms with Crippen LogP contribution in [0.15, 0.2) is 54.6 Å². The van der Waals surface area contributed by atoms with Crippen molar-refractivity contribution in [2.45, 2.75) is 6.54 Å². The number of thiophene rings is 1. The number of fused-ring (bicyclic) bond motifs is 1. The number of hydrogen-bond acceptors (Lipinski definition) is 7. The van der Waals surface area contributed by atoms with Gasteiger partial charge in [0, 0.05) is 18.2 Å². The lowest BCUT2D eigenvalue weighted by molar-refractivity contribution is -0.380. The van der Waals surface area contributed by atoms with Gasteiger partial charge in [-0.3, -0.25) is 10.1 Å². The van der Waals surface area contributed by atoms with Crippen molar-refractivity contribution < 1.29 is 19.2 Å². The summed E-state index contributed by atoms with van der Waals surface area (Å²) in [4.78, 5) is 31.1. The van der Waals surface area contributed by atoms with Crippen LogP contribution < -0.4 is 5.32 Å². The first-order chi connectivity index (χ1) is 14.4. The van der Waals surface area contributed by atoms with Gasteiger partial charge in [0.15, 0.2) is 5.82 Å². The number of nitro groups is 1. The Kier molecular flexibility index (Phi) is 5.07. The van der Waals surface area contributed by atoms with E-state index < -0.39 is 10.9 Å². The Bertz CT molecular complexity index is 1260. The van der Waals surface area contributed by atoms with Crippen LogP contribution >= 0.6 is 11.3 Å². The average molecular weight is 424 g/mol. The fourth-order valence-electron chi connectivity index (χ4n) is 2.81. The van der Waals surface area contributed by atoms with Gasteiger partial charge in [-0.15, -0.1) is 0 Å². The SMILES string of the molecule is O=C(O)c1ccc(-c2nc(NCc3ccc(F)cc3)c3cc([N+](=O)[O-])sc3n2)cc1. The molecule has 4 rings (SSSR count). The molecule has 2 heterocycles. The molecule has 0 spiro atoms. The van der Waals surface area contributed by atoms with Crippen molar-refractivity contribution in [3.63, 3.8) is 0 Å². The maximum atomic E-state index is 13.1. The minimum atomic E-state index is -1.05. The highest BCUT2D eigenvalue weighted by atomic mass is 32.1. The van der Waals surface area contributed by atoms with Gasteiger partial charge in [0.2, 0.25) is 0 Å². The lowest BCUT2D eigenvalue weighted by atomic mass is 10.1. The Labute approximate surface area is 172 Å². The molecule has 10 heteroatoms. The Morgan fingerprint density at radius 1 is 1.13 bits per heavy atom. The third-order valence-electron chi connectivity index (χ3n) is 4.32. The van der Waals surface area contributed by atoms with Gasteiger partial charge < -0.3 is 10.4 Å². The standard InChI is InChI=1S/C20H13FN4O4S/c21-14-7-1-11(2-8-14)10-22-18-15-9-16(25(28)29)30-19(15)24-17(23-18)12-3-5-13(6-4-12)20(26)27/h1-9H,10H2,(H,26,27)(H,22,23,24). The van der Waals surface area contributed by atoms with Crippen molar-refractivity contribution in [3.05, 3.63) is 81.7 Å². The van der Waals surface area contributed by atoms with Crippen molar-refractivity contribution in [1.82, 2.24) is 9.97 Å². The molecule has 8 nitrogen and oxygen atoms in total. The van der Waals surface area contributed by atoms with E-state index in [0.29, 0.717) is 34.0 Å². The summed E-state index contributed by atoms with van der Waals surface area (Å²) in [5, 5.41) is 23.8. The number of hydrogen-bond donors (Lipinski definition) is 2. The molecule has 0 aliphatic carbocycles. The van der Waals surface area contributed by atoms with Crippen LogP contribution in [0.1, 0.15) is 15.9 Å². The minimum Gasteiger partial charge on any atom is -0.478 e. The summed E-state index contributed by atoms with van der Waals surface area (Å²) in [5.41, 5.74) is 1.50. The lowest BCUT2D eigenvalue weighted by Crippen LogP contribution is -2.04. The number of halogens is 1. The molecule has 2 N–H and O–H groups in total. The van der Waals surface area contributed by atoms with E-state index in [1.807, 2.05) is 0 Å². The quantitative estimate of drug-likeness (QED) is 0.340. The summed E-state index contributed by atoms with van der Waals surface area (Å²) in [6, 6.07) is 13.4. The summed E-state index contributed by atoms with van der Waals surface area (Å²) >= 11 is 0.926. The van der Waals surface area contributed by atoms with Gasteiger partial charge in [-0.1, -0.05) is 24.3 Å². The van der Waals surface area contributed by atoms with Crippen molar-refractivity contribution in [3.8, 4) is 11.4 Å². The molecule has 0 fully saturated rings. The first-order valence-corrected chi connectivity index (χ1v) is 9.50. The molecule has 150 valence electrons. The van der Waals surface area contributed by atoms with E-state index in [-0.39, 0.29) is 16.4 Å². The van der Waals surface area contributed by atoms with Gasteiger partial charge in [-0.2, -0.15) is 0 Å². The summed E-state index contributed by atoms with van der Waals surface area (Å²) < 4.78 is 13.1. The predicted octanol–water partition coefficient (Wildman–Crippen LogP) is 4.72. The molecule has 4 aromatic rings. The second-order valence-corrected chi connectivity index (χ2v) is 7.33. The molecule has 0 aliphatic rings. The van der Waals surface area contributed by atoms with Crippen LogP contribution in [0.5, 0.6) is 0 Å². The molecule has 0 amide bonds. The number of carboxylic acid groups (broad SMARTS) is 1. The number of anilines is 1. The first-order valence-electron chi connectivity index (χ1n) is 8.69. The maximum Gasteiger partial charge on any atom is 0.335 e. The van der Waals surface area contributed by atoms with Gasteiger partial charge in [-0.25, -0.2) is 19.2 Å². The zero-order chi connectivity index (χ0) is 21.3. The highest BCUT2D eigenvalue weighted by molar-refractivity contribution is 7.21. The Hall–Kier alpha value is -3.92. The summed E-state index contributed by atoms with van der Waals surface area (Å²) in [5.74, 6) is -0.694. The number of aromatic carboxylic acids is 1. The van der Waals surface area contributed by atoms with Gasteiger partial charge in [0.25, 0.3) is 0 Å². The largest absolute Gasteiger partial charge is 0.478 e. The third kappa shape index (κ3) is 3.94. The predicted molar refractivity (Wildman–Crippen MR) is 110 cm³/mol. The van der Waals surface area contributed by atoms with Crippen molar-refractivity contribution in [1.29, 1.82) is 0 Å². The van der Waals surface area contributed by atoms with Gasteiger partial charge in [0.05, 0.1) is 15.9 Å². The zero-order valence-electron chi connectivity index (χ0n) is 15.2.